The zero-order valence-corrected chi connectivity index (χ0v) is 15.6. The molecular formula is C19H24N2O4S. The molecule has 26 heavy (non-hydrogen) atoms. The van der Waals surface area contributed by atoms with Gasteiger partial charge in [0.25, 0.3) is 0 Å². The molecule has 7 heteroatoms. The van der Waals surface area contributed by atoms with Crippen LogP contribution >= 0.6 is 11.8 Å². The van der Waals surface area contributed by atoms with E-state index in [9.17, 15) is 9.59 Å². The normalized spacial score (nSPS) is 21.1. The molecule has 1 aromatic carbocycles. The fourth-order valence-corrected chi connectivity index (χ4v) is 4.93. The first-order valence-corrected chi connectivity index (χ1v) is 10.3. The molecule has 0 atom stereocenters. The molecule has 0 radical (unpaired) electrons. The number of benzene rings is 1. The number of nitrogens with one attached hydrogen (secondary N) is 1. The second-order valence-corrected chi connectivity index (χ2v) is 8.15. The van der Waals surface area contributed by atoms with Crippen LogP contribution in [-0.2, 0) is 15.0 Å². The minimum absolute atomic E-state index is 0.0487. The number of thioether (sulfide) groups is 1. The van der Waals surface area contributed by atoms with E-state index in [0.717, 1.165) is 37.2 Å². The van der Waals surface area contributed by atoms with Crippen LogP contribution in [0.4, 0.5) is 0 Å². The average molecular weight is 376 g/mol. The molecule has 1 saturated heterocycles. The van der Waals surface area contributed by atoms with Crippen molar-refractivity contribution in [1.29, 1.82) is 0 Å². The van der Waals surface area contributed by atoms with Crippen LogP contribution in [0.25, 0.3) is 0 Å². The molecule has 2 heterocycles. The monoisotopic (exact) mass is 376 g/mol. The summed E-state index contributed by atoms with van der Waals surface area (Å²) in [6.07, 6.45) is 4.41. The van der Waals surface area contributed by atoms with Crippen LogP contribution in [0.2, 0.25) is 0 Å². The second kappa shape index (κ2) is 7.39. The summed E-state index contributed by atoms with van der Waals surface area (Å²) in [4.78, 5) is 25.7. The first-order valence-electron chi connectivity index (χ1n) is 9.19. The lowest BCUT2D eigenvalue weighted by molar-refractivity contribution is -0.132. The number of hydrogen-bond acceptors (Lipinski definition) is 5. The summed E-state index contributed by atoms with van der Waals surface area (Å²) in [5.74, 6) is 2.65. The van der Waals surface area contributed by atoms with Gasteiger partial charge in [0, 0.05) is 12.0 Å². The highest BCUT2D eigenvalue weighted by molar-refractivity contribution is 8.00. The van der Waals surface area contributed by atoms with E-state index >= 15 is 0 Å². The molecule has 140 valence electrons. The number of nitrogens with zero attached hydrogens (tertiary/aromatic N) is 1. The van der Waals surface area contributed by atoms with Gasteiger partial charge in [0.2, 0.25) is 11.8 Å². The molecule has 6 nitrogen and oxygen atoms in total. The van der Waals surface area contributed by atoms with Crippen molar-refractivity contribution in [2.75, 3.05) is 37.9 Å². The standard InChI is InChI=1S/C19H24N2O4S/c22-17(10-21-13-26-11-18(21)23)20-12-19(5-1-2-6-19)14-3-4-15-16(9-14)25-8-7-24-15/h3-4,9H,1-2,5-8,10-13H2,(H,20,22). The topological polar surface area (TPSA) is 67.9 Å². The molecule has 3 aliphatic rings. The SMILES string of the molecule is O=C(CN1CSCC1=O)NCC1(c2ccc3c(c2)OCCO3)CCCC1. The third-order valence-corrected chi connectivity index (χ3v) is 6.44. The lowest BCUT2D eigenvalue weighted by atomic mass is 9.78. The molecule has 0 aromatic heterocycles. The van der Waals surface area contributed by atoms with E-state index in [2.05, 4.69) is 17.4 Å². The van der Waals surface area contributed by atoms with Gasteiger partial charge >= 0.3 is 0 Å². The van der Waals surface area contributed by atoms with Gasteiger partial charge in [-0.15, -0.1) is 11.8 Å². The molecule has 0 unspecified atom stereocenters. The number of amides is 2. The largest absolute Gasteiger partial charge is 0.486 e. The molecule has 1 N–H and O–H groups in total. The van der Waals surface area contributed by atoms with Gasteiger partial charge in [-0.25, -0.2) is 0 Å². The van der Waals surface area contributed by atoms with Crippen LogP contribution in [0.5, 0.6) is 11.5 Å². The highest BCUT2D eigenvalue weighted by Gasteiger charge is 2.37. The minimum atomic E-state index is -0.0790. The first-order chi connectivity index (χ1) is 12.7. The van der Waals surface area contributed by atoms with Gasteiger partial charge in [-0.2, -0.15) is 0 Å². The van der Waals surface area contributed by atoms with Gasteiger partial charge < -0.3 is 19.7 Å². The Morgan fingerprint density at radius 2 is 1.96 bits per heavy atom. The van der Waals surface area contributed by atoms with Crippen LogP contribution in [0.3, 0.4) is 0 Å². The van der Waals surface area contributed by atoms with Crippen LogP contribution in [0, 0.1) is 0 Å². The van der Waals surface area contributed by atoms with E-state index in [1.54, 1.807) is 16.7 Å². The minimum Gasteiger partial charge on any atom is -0.486 e. The van der Waals surface area contributed by atoms with E-state index in [-0.39, 0.29) is 23.8 Å². The van der Waals surface area contributed by atoms with Crippen LogP contribution in [0.15, 0.2) is 18.2 Å². The van der Waals surface area contributed by atoms with Gasteiger partial charge in [-0.05, 0) is 30.5 Å². The van der Waals surface area contributed by atoms with Gasteiger partial charge in [0.15, 0.2) is 11.5 Å². The Morgan fingerprint density at radius 1 is 1.19 bits per heavy atom. The lowest BCUT2D eigenvalue weighted by Crippen LogP contribution is -2.44. The van der Waals surface area contributed by atoms with Crippen LogP contribution < -0.4 is 14.8 Å². The Kier molecular flexibility index (Phi) is 4.98. The highest BCUT2D eigenvalue weighted by Crippen LogP contribution is 2.43. The van der Waals surface area contributed by atoms with E-state index in [1.807, 2.05) is 6.07 Å². The third kappa shape index (κ3) is 3.49. The first kappa shape index (κ1) is 17.5. The molecule has 2 amide bonds. The fourth-order valence-electron chi connectivity index (χ4n) is 4.03. The summed E-state index contributed by atoms with van der Waals surface area (Å²) in [6.45, 7) is 1.91. The van der Waals surface area contributed by atoms with Gasteiger partial charge in [-0.1, -0.05) is 18.9 Å². The summed E-state index contributed by atoms with van der Waals surface area (Å²) in [7, 11) is 0. The van der Waals surface area contributed by atoms with E-state index in [4.69, 9.17) is 9.47 Å². The number of ether oxygens (including phenoxy) is 2. The number of carbonyl (C=O) groups excluding carboxylic acids is 2. The van der Waals surface area contributed by atoms with Crippen molar-refractivity contribution in [3.05, 3.63) is 23.8 Å². The van der Waals surface area contributed by atoms with Crippen molar-refractivity contribution in [2.45, 2.75) is 31.1 Å². The molecule has 1 aliphatic carbocycles. The summed E-state index contributed by atoms with van der Waals surface area (Å²) in [5.41, 5.74) is 1.14. The summed E-state index contributed by atoms with van der Waals surface area (Å²) < 4.78 is 11.4. The maximum atomic E-state index is 12.3. The molecule has 4 rings (SSSR count). The van der Waals surface area contributed by atoms with Crippen molar-refractivity contribution < 1.29 is 19.1 Å². The zero-order valence-electron chi connectivity index (χ0n) is 14.8. The predicted molar refractivity (Wildman–Crippen MR) is 99.6 cm³/mol. The molecule has 0 spiro atoms. The molecule has 2 aliphatic heterocycles. The number of hydrogen-bond donors (Lipinski definition) is 1. The predicted octanol–water partition coefficient (Wildman–Crippen LogP) is 1.92. The van der Waals surface area contributed by atoms with Crippen LogP contribution in [-0.4, -0.2) is 54.6 Å². The van der Waals surface area contributed by atoms with E-state index in [0.29, 0.717) is 31.4 Å². The zero-order chi connectivity index (χ0) is 18.0. The maximum Gasteiger partial charge on any atom is 0.239 e. The highest BCUT2D eigenvalue weighted by atomic mass is 32.2. The average Bonchev–Trinajstić information content (AvgIpc) is 3.30. The second-order valence-electron chi connectivity index (χ2n) is 7.19. The van der Waals surface area contributed by atoms with E-state index in [1.165, 1.54) is 5.56 Å². The maximum absolute atomic E-state index is 12.3. The smallest absolute Gasteiger partial charge is 0.239 e. The molecule has 0 bridgehead atoms. The lowest BCUT2D eigenvalue weighted by Gasteiger charge is -2.31. The fraction of sp³-hybridized carbons (Fsp3) is 0.579. The Hall–Kier alpha value is -1.89. The van der Waals surface area contributed by atoms with Crippen molar-refractivity contribution in [3.63, 3.8) is 0 Å². The Bertz CT molecular complexity index is 703. The van der Waals surface area contributed by atoms with Crippen molar-refractivity contribution in [2.24, 2.45) is 0 Å². The van der Waals surface area contributed by atoms with Crippen LogP contribution in [0.1, 0.15) is 31.2 Å². The van der Waals surface area contributed by atoms with Crippen molar-refractivity contribution >= 4 is 23.6 Å². The Balaban J connectivity index is 1.45. The quantitative estimate of drug-likeness (QED) is 0.850. The Labute approximate surface area is 157 Å². The molecule has 1 aromatic rings. The van der Waals surface area contributed by atoms with Gasteiger partial charge in [-0.3, -0.25) is 9.59 Å². The molecular weight excluding hydrogens is 352 g/mol. The Morgan fingerprint density at radius 3 is 2.69 bits per heavy atom. The number of rotatable bonds is 5. The molecule has 2 fully saturated rings. The van der Waals surface area contributed by atoms with Gasteiger partial charge in [0.05, 0.1) is 11.6 Å². The number of fused-ring (bicyclic) bond motifs is 1. The number of carbonyl (C=O) groups is 2. The van der Waals surface area contributed by atoms with E-state index < -0.39 is 0 Å². The third-order valence-electron chi connectivity index (χ3n) is 5.50. The van der Waals surface area contributed by atoms with Crippen molar-refractivity contribution in [1.82, 2.24) is 10.2 Å². The summed E-state index contributed by atoms with van der Waals surface area (Å²) in [6, 6.07) is 6.16. The summed E-state index contributed by atoms with van der Waals surface area (Å²) in [5, 5.41) is 3.08. The van der Waals surface area contributed by atoms with Crippen molar-refractivity contribution in [3.8, 4) is 11.5 Å². The van der Waals surface area contributed by atoms with Gasteiger partial charge in [0.1, 0.15) is 19.8 Å². The summed E-state index contributed by atoms with van der Waals surface area (Å²) >= 11 is 1.56. The molecule has 1 saturated carbocycles.